The van der Waals surface area contributed by atoms with E-state index in [0.717, 1.165) is 33.4 Å². The average molecular weight is 342 g/mol. The average Bonchev–Trinajstić information content (AvgIpc) is 2.71. The molecule has 0 saturated carbocycles. The third-order valence-corrected chi connectivity index (χ3v) is 4.94. The molecule has 0 amide bonds. The van der Waals surface area contributed by atoms with Crippen LogP contribution in [0.5, 0.6) is 11.5 Å². The smallest absolute Gasteiger partial charge is 0.228 e. The molecule has 0 N–H and O–H groups in total. The van der Waals surface area contributed by atoms with Gasteiger partial charge < -0.3 is 14.2 Å². The van der Waals surface area contributed by atoms with Crippen molar-refractivity contribution in [1.29, 1.82) is 0 Å². The van der Waals surface area contributed by atoms with Gasteiger partial charge in [0, 0.05) is 11.1 Å². The minimum Gasteiger partial charge on any atom is -0.497 e. The Morgan fingerprint density at radius 2 is 1.54 bits per heavy atom. The second-order valence-electron chi connectivity index (χ2n) is 6.47. The highest BCUT2D eigenvalue weighted by atomic mass is 16.7. The van der Waals surface area contributed by atoms with E-state index in [1.54, 1.807) is 7.11 Å². The van der Waals surface area contributed by atoms with Crippen LogP contribution in [-0.2, 0) is 11.3 Å². The fourth-order valence-electron chi connectivity index (χ4n) is 3.67. The highest BCUT2D eigenvalue weighted by Crippen LogP contribution is 2.40. The molecule has 3 nitrogen and oxygen atoms in total. The maximum absolute atomic E-state index is 6.26. The Bertz CT molecular complexity index is 1060. The number of rotatable bonds is 2. The minimum atomic E-state index is -0.438. The predicted octanol–water partition coefficient (Wildman–Crippen LogP) is 5.61. The number of methoxy groups -OCH3 is 1. The molecule has 1 aliphatic rings. The summed E-state index contributed by atoms with van der Waals surface area (Å²) in [5, 5.41) is 4.70. The molecular formula is C23H18O3. The lowest BCUT2D eigenvalue weighted by molar-refractivity contribution is -0.109. The van der Waals surface area contributed by atoms with Gasteiger partial charge in [-0.1, -0.05) is 48.5 Å². The van der Waals surface area contributed by atoms with Gasteiger partial charge in [0.2, 0.25) is 6.29 Å². The van der Waals surface area contributed by atoms with Crippen molar-refractivity contribution < 1.29 is 14.2 Å². The van der Waals surface area contributed by atoms with Crippen LogP contribution in [-0.4, -0.2) is 7.11 Å². The van der Waals surface area contributed by atoms with E-state index in [-0.39, 0.29) is 0 Å². The molecule has 0 saturated heterocycles. The Labute approximate surface area is 151 Å². The van der Waals surface area contributed by atoms with Crippen molar-refractivity contribution in [3.63, 3.8) is 0 Å². The van der Waals surface area contributed by atoms with E-state index in [0.29, 0.717) is 6.61 Å². The zero-order valence-electron chi connectivity index (χ0n) is 14.4. The van der Waals surface area contributed by atoms with Crippen molar-refractivity contribution in [2.45, 2.75) is 12.9 Å². The van der Waals surface area contributed by atoms with E-state index in [4.69, 9.17) is 14.2 Å². The largest absolute Gasteiger partial charge is 0.497 e. The molecule has 1 heterocycles. The van der Waals surface area contributed by atoms with Gasteiger partial charge in [-0.25, -0.2) is 0 Å². The molecule has 1 atom stereocenters. The Morgan fingerprint density at radius 1 is 0.846 bits per heavy atom. The van der Waals surface area contributed by atoms with Gasteiger partial charge in [-0.3, -0.25) is 0 Å². The summed E-state index contributed by atoms with van der Waals surface area (Å²) in [6, 6.07) is 24.8. The highest BCUT2D eigenvalue weighted by molar-refractivity contribution is 6.02. The van der Waals surface area contributed by atoms with Crippen molar-refractivity contribution in [3.8, 4) is 11.5 Å². The summed E-state index contributed by atoms with van der Waals surface area (Å²) >= 11 is 0. The molecule has 3 heteroatoms. The molecule has 0 spiro atoms. The maximum atomic E-state index is 6.26. The van der Waals surface area contributed by atoms with Gasteiger partial charge in [0.05, 0.1) is 13.7 Å². The highest BCUT2D eigenvalue weighted by Gasteiger charge is 2.25. The second kappa shape index (κ2) is 6.04. The van der Waals surface area contributed by atoms with Gasteiger partial charge in [0.25, 0.3) is 0 Å². The van der Waals surface area contributed by atoms with Crippen LogP contribution in [0.25, 0.3) is 21.5 Å². The van der Waals surface area contributed by atoms with Crippen LogP contribution in [0.4, 0.5) is 0 Å². The van der Waals surface area contributed by atoms with E-state index in [1.807, 2.05) is 18.2 Å². The SMILES string of the molecule is COc1ccc2c(c1)COC(c1c3ccccc3cc3ccccc13)O2. The van der Waals surface area contributed by atoms with Gasteiger partial charge in [-0.15, -0.1) is 0 Å². The Morgan fingerprint density at radius 3 is 2.23 bits per heavy atom. The van der Waals surface area contributed by atoms with Crippen LogP contribution in [0.1, 0.15) is 17.4 Å². The van der Waals surface area contributed by atoms with Crippen molar-refractivity contribution >= 4 is 21.5 Å². The van der Waals surface area contributed by atoms with Crippen LogP contribution < -0.4 is 9.47 Å². The lowest BCUT2D eigenvalue weighted by Gasteiger charge is -2.28. The summed E-state index contributed by atoms with van der Waals surface area (Å²) in [6.45, 7) is 0.495. The molecular weight excluding hydrogens is 324 g/mol. The first-order chi connectivity index (χ1) is 12.8. The first-order valence-corrected chi connectivity index (χ1v) is 8.69. The third-order valence-electron chi connectivity index (χ3n) is 4.94. The molecule has 0 aromatic heterocycles. The van der Waals surface area contributed by atoms with Crippen LogP contribution in [0.15, 0.2) is 72.8 Å². The van der Waals surface area contributed by atoms with Crippen LogP contribution in [0, 0.1) is 0 Å². The van der Waals surface area contributed by atoms with Crippen molar-refractivity contribution in [2.75, 3.05) is 7.11 Å². The third kappa shape index (κ3) is 2.40. The van der Waals surface area contributed by atoms with Gasteiger partial charge in [0.15, 0.2) is 0 Å². The first-order valence-electron chi connectivity index (χ1n) is 8.69. The molecule has 4 aromatic rings. The Hall–Kier alpha value is -3.04. The lowest BCUT2D eigenvalue weighted by atomic mass is 9.96. The summed E-state index contributed by atoms with van der Waals surface area (Å²) in [7, 11) is 1.66. The van der Waals surface area contributed by atoms with E-state index in [1.165, 1.54) is 10.8 Å². The summed E-state index contributed by atoms with van der Waals surface area (Å²) in [5.41, 5.74) is 2.09. The maximum Gasteiger partial charge on any atom is 0.228 e. The van der Waals surface area contributed by atoms with Gasteiger partial charge in [0.1, 0.15) is 11.5 Å². The second-order valence-corrected chi connectivity index (χ2v) is 6.47. The van der Waals surface area contributed by atoms with Crippen LogP contribution >= 0.6 is 0 Å². The van der Waals surface area contributed by atoms with Crippen LogP contribution in [0.2, 0.25) is 0 Å². The fraction of sp³-hybridized carbons (Fsp3) is 0.130. The Balaban J connectivity index is 1.68. The number of fused-ring (bicyclic) bond motifs is 3. The molecule has 0 fully saturated rings. The zero-order valence-corrected chi connectivity index (χ0v) is 14.4. The fourth-order valence-corrected chi connectivity index (χ4v) is 3.67. The number of ether oxygens (including phenoxy) is 3. The zero-order chi connectivity index (χ0) is 17.5. The lowest BCUT2D eigenvalue weighted by Crippen LogP contribution is -2.18. The molecule has 0 radical (unpaired) electrons. The molecule has 26 heavy (non-hydrogen) atoms. The molecule has 1 aliphatic heterocycles. The van der Waals surface area contributed by atoms with Crippen molar-refractivity contribution in [2.24, 2.45) is 0 Å². The van der Waals surface area contributed by atoms with E-state index in [9.17, 15) is 0 Å². The number of benzene rings is 4. The van der Waals surface area contributed by atoms with E-state index < -0.39 is 6.29 Å². The predicted molar refractivity (Wildman–Crippen MR) is 103 cm³/mol. The normalized spacial score (nSPS) is 16.3. The quantitative estimate of drug-likeness (QED) is 0.443. The summed E-state index contributed by atoms with van der Waals surface area (Å²) in [4.78, 5) is 0. The molecule has 5 rings (SSSR count). The number of hydrogen-bond acceptors (Lipinski definition) is 3. The first kappa shape index (κ1) is 15.2. The van der Waals surface area contributed by atoms with E-state index in [2.05, 4.69) is 54.6 Å². The Kier molecular flexibility index (Phi) is 3.54. The summed E-state index contributed by atoms with van der Waals surface area (Å²) < 4.78 is 17.7. The molecule has 0 aliphatic carbocycles. The summed E-state index contributed by atoms with van der Waals surface area (Å²) in [6.07, 6.45) is -0.438. The van der Waals surface area contributed by atoms with Gasteiger partial charge >= 0.3 is 0 Å². The number of hydrogen-bond donors (Lipinski definition) is 0. The van der Waals surface area contributed by atoms with E-state index >= 15 is 0 Å². The van der Waals surface area contributed by atoms with Gasteiger partial charge in [-0.2, -0.15) is 0 Å². The monoisotopic (exact) mass is 342 g/mol. The van der Waals surface area contributed by atoms with Gasteiger partial charge in [-0.05, 0) is 45.8 Å². The van der Waals surface area contributed by atoms with Crippen LogP contribution in [0.3, 0.4) is 0 Å². The molecule has 0 bridgehead atoms. The standard InChI is InChI=1S/C23H18O3/c1-24-18-10-11-21-17(13-18)14-25-23(26-21)22-19-8-4-2-6-15(19)12-16-7-3-5-9-20(16)22/h2-13,23H,14H2,1H3. The topological polar surface area (TPSA) is 27.7 Å². The van der Waals surface area contributed by atoms with Crippen molar-refractivity contribution in [1.82, 2.24) is 0 Å². The molecule has 128 valence electrons. The minimum absolute atomic E-state index is 0.438. The molecule has 4 aromatic carbocycles. The van der Waals surface area contributed by atoms with Crippen molar-refractivity contribution in [3.05, 3.63) is 83.9 Å². The summed E-state index contributed by atoms with van der Waals surface area (Å²) in [5.74, 6) is 1.66. The molecule has 1 unspecified atom stereocenters.